The van der Waals surface area contributed by atoms with Gasteiger partial charge in [0.05, 0.1) is 10.2 Å². The fourth-order valence-electron chi connectivity index (χ4n) is 1.34. The minimum Gasteiger partial charge on any atom is -0.506 e. The second kappa shape index (κ2) is 4.31. The van der Waals surface area contributed by atoms with Gasteiger partial charge in [0.1, 0.15) is 5.75 Å². The van der Waals surface area contributed by atoms with E-state index in [0.717, 1.165) is 5.56 Å². The number of halogens is 2. The van der Waals surface area contributed by atoms with Crippen LogP contribution < -0.4 is 0 Å². The fourth-order valence-corrected chi connectivity index (χ4v) is 2.73. The van der Waals surface area contributed by atoms with Gasteiger partial charge in [-0.2, -0.15) is 0 Å². The normalized spacial score (nSPS) is 11.7. The summed E-state index contributed by atoms with van der Waals surface area (Å²) in [6, 6.07) is 1.79. The average Bonchev–Trinajstić information content (AvgIpc) is 2.07. The monoisotopic (exact) mass is 312 g/mol. The summed E-state index contributed by atoms with van der Waals surface area (Å²) in [5.74, 6) is -0.429. The van der Waals surface area contributed by atoms with Gasteiger partial charge < -0.3 is 5.11 Å². The van der Waals surface area contributed by atoms with Crippen molar-refractivity contribution in [2.24, 2.45) is 0 Å². The van der Waals surface area contributed by atoms with Gasteiger partial charge in [-0.15, -0.1) is 0 Å². The predicted octanol–water partition coefficient (Wildman–Crippen LogP) is 2.84. The molecule has 0 saturated carbocycles. The lowest BCUT2D eigenvalue weighted by Crippen LogP contribution is -1.99. The van der Waals surface area contributed by atoms with Crippen molar-refractivity contribution in [1.82, 2.24) is 0 Å². The zero-order chi connectivity index (χ0) is 11.8. The number of aromatic hydroxyl groups is 1. The van der Waals surface area contributed by atoms with Crippen LogP contribution in [0.1, 0.15) is 16.7 Å². The molecule has 0 amide bonds. The van der Waals surface area contributed by atoms with E-state index in [1.54, 1.807) is 13.0 Å². The molecular formula is C9H10BrClO3S. The predicted molar refractivity (Wildman–Crippen MR) is 63.8 cm³/mol. The van der Waals surface area contributed by atoms with Gasteiger partial charge in [0.25, 0.3) is 0 Å². The number of benzene rings is 1. The first-order valence-corrected chi connectivity index (χ1v) is 7.39. The summed E-state index contributed by atoms with van der Waals surface area (Å²) >= 11 is 3.18. The number of hydrogen-bond donors (Lipinski definition) is 1. The molecule has 1 rings (SSSR count). The third-order valence-electron chi connectivity index (χ3n) is 2.07. The van der Waals surface area contributed by atoms with Crippen LogP contribution in [0.2, 0.25) is 0 Å². The van der Waals surface area contributed by atoms with E-state index >= 15 is 0 Å². The smallest absolute Gasteiger partial charge is 0.236 e. The molecule has 0 aliphatic rings. The molecule has 15 heavy (non-hydrogen) atoms. The molecule has 0 aliphatic carbocycles. The molecule has 0 spiro atoms. The van der Waals surface area contributed by atoms with E-state index in [0.29, 0.717) is 15.6 Å². The molecule has 1 N–H and O–H groups in total. The van der Waals surface area contributed by atoms with E-state index < -0.39 is 9.05 Å². The van der Waals surface area contributed by atoms with Crippen molar-refractivity contribution >= 4 is 35.7 Å². The number of phenolic OH excluding ortho intramolecular Hbond substituents is 1. The van der Waals surface area contributed by atoms with Gasteiger partial charge >= 0.3 is 0 Å². The van der Waals surface area contributed by atoms with Crippen LogP contribution in [0.3, 0.4) is 0 Å². The fraction of sp³-hybridized carbons (Fsp3) is 0.333. The van der Waals surface area contributed by atoms with Crippen LogP contribution in [0.4, 0.5) is 0 Å². The zero-order valence-corrected chi connectivity index (χ0v) is 11.4. The van der Waals surface area contributed by atoms with Crippen LogP contribution in [0, 0.1) is 13.8 Å². The first kappa shape index (κ1) is 12.8. The van der Waals surface area contributed by atoms with Crippen molar-refractivity contribution in [2.45, 2.75) is 19.6 Å². The van der Waals surface area contributed by atoms with Crippen LogP contribution in [-0.2, 0) is 14.8 Å². The van der Waals surface area contributed by atoms with Crippen LogP contribution in [0.25, 0.3) is 0 Å². The molecule has 0 saturated heterocycles. The lowest BCUT2D eigenvalue weighted by atomic mass is 10.1. The summed E-state index contributed by atoms with van der Waals surface area (Å²) in [6.07, 6.45) is 0. The molecule has 0 atom stereocenters. The summed E-state index contributed by atoms with van der Waals surface area (Å²) in [7, 11) is 1.49. The molecule has 0 heterocycles. The Bertz CT molecular complexity index is 497. The minimum absolute atomic E-state index is 0.0586. The summed E-state index contributed by atoms with van der Waals surface area (Å²) < 4.78 is 22.4. The molecule has 1 aromatic carbocycles. The summed E-state index contributed by atoms with van der Waals surface area (Å²) in [5.41, 5.74) is 1.89. The Kier molecular flexibility index (Phi) is 3.68. The third-order valence-corrected chi connectivity index (χ3v) is 4.03. The molecule has 84 valence electrons. The maximum atomic E-state index is 10.9. The van der Waals surface area contributed by atoms with Crippen molar-refractivity contribution < 1.29 is 13.5 Å². The standard InChI is InChI=1S/C9H10BrClO3S/c1-5-3-6(2)8(10)9(12)7(5)4-15(11,13)14/h3,12H,4H2,1-2H3. The van der Waals surface area contributed by atoms with Crippen molar-refractivity contribution in [3.8, 4) is 5.75 Å². The van der Waals surface area contributed by atoms with Crippen LogP contribution in [0.15, 0.2) is 10.5 Å². The molecule has 0 unspecified atom stereocenters. The van der Waals surface area contributed by atoms with Gasteiger partial charge in [-0.1, -0.05) is 6.07 Å². The zero-order valence-electron chi connectivity index (χ0n) is 8.21. The minimum atomic E-state index is -3.66. The average molecular weight is 314 g/mol. The summed E-state index contributed by atoms with van der Waals surface area (Å²) in [5, 5.41) is 9.75. The van der Waals surface area contributed by atoms with E-state index in [-0.39, 0.29) is 11.5 Å². The second-order valence-electron chi connectivity index (χ2n) is 3.33. The van der Waals surface area contributed by atoms with E-state index in [1.165, 1.54) is 0 Å². The summed E-state index contributed by atoms with van der Waals surface area (Å²) in [6.45, 7) is 3.55. The quantitative estimate of drug-likeness (QED) is 0.854. The molecule has 0 aliphatic heterocycles. The number of phenols is 1. The van der Waals surface area contributed by atoms with Gasteiger partial charge in [-0.05, 0) is 40.9 Å². The Morgan fingerprint density at radius 3 is 2.40 bits per heavy atom. The largest absolute Gasteiger partial charge is 0.506 e. The molecule has 0 bridgehead atoms. The van der Waals surface area contributed by atoms with Crippen LogP contribution in [0.5, 0.6) is 5.75 Å². The molecule has 1 aromatic rings. The number of rotatable bonds is 2. The Balaban J connectivity index is 3.37. The Labute approximate surface area is 102 Å². The van der Waals surface area contributed by atoms with Gasteiger partial charge in [0.15, 0.2) is 0 Å². The highest BCUT2D eigenvalue weighted by molar-refractivity contribution is 9.10. The van der Waals surface area contributed by atoms with Gasteiger partial charge in [-0.3, -0.25) is 0 Å². The first-order chi connectivity index (χ1) is 6.72. The van der Waals surface area contributed by atoms with E-state index in [1.807, 2.05) is 6.92 Å². The Morgan fingerprint density at radius 1 is 1.40 bits per heavy atom. The highest BCUT2D eigenvalue weighted by Crippen LogP contribution is 2.34. The summed E-state index contributed by atoms with van der Waals surface area (Å²) in [4.78, 5) is 0. The first-order valence-electron chi connectivity index (χ1n) is 4.12. The van der Waals surface area contributed by atoms with E-state index in [4.69, 9.17) is 10.7 Å². The number of aryl methyl sites for hydroxylation is 2. The highest BCUT2D eigenvalue weighted by atomic mass is 79.9. The molecule has 3 nitrogen and oxygen atoms in total. The topological polar surface area (TPSA) is 54.4 Å². The molecule has 0 aromatic heterocycles. The lowest BCUT2D eigenvalue weighted by Gasteiger charge is -2.10. The molecule has 0 fully saturated rings. The molecule has 6 heteroatoms. The van der Waals surface area contributed by atoms with E-state index in [2.05, 4.69) is 15.9 Å². The SMILES string of the molecule is Cc1cc(C)c(CS(=O)(=O)Cl)c(O)c1Br. The Hall–Kier alpha value is -0.260. The van der Waals surface area contributed by atoms with Crippen LogP contribution >= 0.6 is 26.6 Å². The van der Waals surface area contributed by atoms with Crippen LogP contribution in [-0.4, -0.2) is 13.5 Å². The van der Waals surface area contributed by atoms with Gasteiger partial charge in [-0.25, -0.2) is 8.42 Å². The van der Waals surface area contributed by atoms with Crippen molar-refractivity contribution in [3.05, 3.63) is 27.2 Å². The molecule has 0 radical (unpaired) electrons. The number of hydrogen-bond acceptors (Lipinski definition) is 3. The molecular weight excluding hydrogens is 304 g/mol. The maximum absolute atomic E-state index is 10.9. The highest BCUT2D eigenvalue weighted by Gasteiger charge is 2.17. The lowest BCUT2D eigenvalue weighted by molar-refractivity contribution is 0.465. The third kappa shape index (κ3) is 3.09. The second-order valence-corrected chi connectivity index (χ2v) is 6.90. The van der Waals surface area contributed by atoms with Crippen molar-refractivity contribution in [3.63, 3.8) is 0 Å². The van der Waals surface area contributed by atoms with Gasteiger partial charge in [0, 0.05) is 16.2 Å². The van der Waals surface area contributed by atoms with E-state index in [9.17, 15) is 13.5 Å². The maximum Gasteiger partial charge on any atom is 0.236 e. The van der Waals surface area contributed by atoms with Crippen molar-refractivity contribution in [1.29, 1.82) is 0 Å². The van der Waals surface area contributed by atoms with Crippen molar-refractivity contribution in [2.75, 3.05) is 0 Å². The van der Waals surface area contributed by atoms with Gasteiger partial charge in [0.2, 0.25) is 9.05 Å². The Morgan fingerprint density at radius 2 is 1.93 bits per heavy atom.